The monoisotopic (exact) mass is 251 g/mol. The fourth-order valence-electron chi connectivity index (χ4n) is 2.23. The van der Waals surface area contributed by atoms with Gasteiger partial charge in [-0.3, -0.25) is 0 Å². The Labute approximate surface area is 108 Å². The number of azide groups is 1. The minimum atomic E-state index is -0.439. The Bertz CT molecular complexity index is 351. The molecule has 1 rings (SSSR count). The first-order valence-electron chi connectivity index (χ1n) is 6.49. The Hall–Kier alpha value is -1.48. The van der Waals surface area contributed by atoms with Crippen molar-refractivity contribution in [1.82, 2.24) is 0 Å². The molecule has 0 aliphatic heterocycles. The van der Waals surface area contributed by atoms with Crippen LogP contribution in [0.3, 0.4) is 0 Å². The second-order valence-corrected chi connectivity index (χ2v) is 5.10. The second-order valence-electron chi connectivity index (χ2n) is 5.10. The molecule has 0 amide bonds. The molecule has 0 bridgehead atoms. The van der Waals surface area contributed by atoms with E-state index in [0.717, 1.165) is 25.7 Å². The zero-order valence-electron chi connectivity index (χ0n) is 11.0. The van der Waals surface area contributed by atoms with Crippen LogP contribution in [-0.2, 0) is 9.53 Å². The smallest absolute Gasteiger partial charge is 0.334 e. The first-order valence-corrected chi connectivity index (χ1v) is 6.49. The third-order valence-electron chi connectivity index (χ3n) is 3.36. The average molecular weight is 251 g/mol. The fraction of sp³-hybridized carbons (Fsp3) is 0.769. The van der Waals surface area contributed by atoms with Crippen molar-refractivity contribution in [3.63, 3.8) is 0 Å². The van der Waals surface area contributed by atoms with E-state index >= 15 is 0 Å². The van der Waals surface area contributed by atoms with E-state index in [1.54, 1.807) is 0 Å². The highest BCUT2D eigenvalue weighted by molar-refractivity contribution is 5.88. The molecule has 0 aromatic heterocycles. The third-order valence-corrected chi connectivity index (χ3v) is 3.36. The van der Waals surface area contributed by atoms with Crippen LogP contribution in [0.15, 0.2) is 17.3 Å². The summed E-state index contributed by atoms with van der Waals surface area (Å²) in [5.74, 6) is -0.439. The number of carbonyl (C=O) groups is 1. The summed E-state index contributed by atoms with van der Waals surface area (Å²) in [6.07, 6.45) is 7.65. The number of esters is 1. The van der Waals surface area contributed by atoms with E-state index in [1.807, 2.05) is 6.92 Å². The van der Waals surface area contributed by atoms with Crippen molar-refractivity contribution in [2.24, 2.45) is 5.11 Å². The number of hydrogen-bond acceptors (Lipinski definition) is 3. The largest absolute Gasteiger partial charge is 0.456 e. The SMILES string of the molecule is C=C(CN=[N+]=[N-])C(=O)OC1(C)CCCCCCC1. The first kappa shape index (κ1) is 14.6. The molecule has 0 heterocycles. The van der Waals surface area contributed by atoms with Gasteiger partial charge in [0.05, 0.1) is 6.54 Å². The van der Waals surface area contributed by atoms with Crippen LogP contribution in [0.4, 0.5) is 0 Å². The van der Waals surface area contributed by atoms with Gasteiger partial charge in [0.1, 0.15) is 5.60 Å². The maximum absolute atomic E-state index is 11.8. The van der Waals surface area contributed by atoms with Crippen LogP contribution in [0.2, 0.25) is 0 Å². The van der Waals surface area contributed by atoms with Gasteiger partial charge in [-0.1, -0.05) is 31.0 Å². The van der Waals surface area contributed by atoms with Crippen molar-refractivity contribution >= 4 is 5.97 Å². The van der Waals surface area contributed by atoms with Gasteiger partial charge in [-0.05, 0) is 38.1 Å². The molecule has 1 aliphatic rings. The molecule has 1 fully saturated rings. The van der Waals surface area contributed by atoms with Crippen molar-refractivity contribution < 1.29 is 9.53 Å². The first-order chi connectivity index (χ1) is 8.57. The Balaban J connectivity index is 2.54. The molecular formula is C13H21N3O2. The molecular weight excluding hydrogens is 230 g/mol. The number of rotatable bonds is 4. The van der Waals surface area contributed by atoms with Crippen LogP contribution in [0, 0.1) is 0 Å². The number of carbonyl (C=O) groups excluding carboxylic acids is 1. The molecule has 0 aromatic rings. The Kier molecular flexibility index (Phi) is 5.72. The van der Waals surface area contributed by atoms with Gasteiger partial charge in [0, 0.05) is 10.5 Å². The second kappa shape index (κ2) is 7.07. The quantitative estimate of drug-likeness (QED) is 0.250. The zero-order chi connectivity index (χ0) is 13.4. The lowest BCUT2D eigenvalue weighted by Crippen LogP contribution is -2.33. The minimum absolute atomic E-state index is 0.0224. The summed E-state index contributed by atoms with van der Waals surface area (Å²) in [5, 5.41) is 3.32. The number of ether oxygens (including phenoxy) is 1. The maximum Gasteiger partial charge on any atom is 0.334 e. The van der Waals surface area contributed by atoms with Gasteiger partial charge in [-0.2, -0.15) is 0 Å². The zero-order valence-corrected chi connectivity index (χ0v) is 11.0. The standard InChI is InChI=1S/C13H21N3O2/c1-11(10-15-16-14)12(17)18-13(2)8-6-4-3-5-7-9-13/h1,3-10H2,2H3. The highest BCUT2D eigenvalue weighted by Gasteiger charge is 2.29. The summed E-state index contributed by atoms with van der Waals surface area (Å²) in [4.78, 5) is 14.4. The molecule has 18 heavy (non-hydrogen) atoms. The molecule has 0 radical (unpaired) electrons. The van der Waals surface area contributed by atoms with E-state index in [1.165, 1.54) is 19.3 Å². The average Bonchev–Trinajstić information content (AvgIpc) is 2.31. The van der Waals surface area contributed by atoms with Crippen LogP contribution < -0.4 is 0 Å². The van der Waals surface area contributed by atoms with Crippen molar-refractivity contribution in [1.29, 1.82) is 0 Å². The molecule has 1 saturated carbocycles. The highest BCUT2D eigenvalue weighted by atomic mass is 16.6. The molecule has 0 aromatic carbocycles. The van der Waals surface area contributed by atoms with Crippen molar-refractivity contribution in [2.75, 3.05) is 6.54 Å². The molecule has 0 unspecified atom stereocenters. The van der Waals surface area contributed by atoms with E-state index < -0.39 is 11.6 Å². The Morgan fingerprint density at radius 2 is 1.89 bits per heavy atom. The maximum atomic E-state index is 11.8. The molecule has 0 N–H and O–H groups in total. The van der Waals surface area contributed by atoms with Gasteiger partial charge in [0.15, 0.2) is 0 Å². The van der Waals surface area contributed by atoms with Crippen molar-refractivity contribution in [2.45, 2.75) is 57.5 Å². The molecule has 0 spiro atoms. The summed E-state index contributed by atoms with van der Waals surface area (Å²) in [5.41, 5.74) is 8.03. The summed E-state index contributed by atoms with van der Waals surface area (Å²) < 4.78 is 5.55. The summed E-state index contributed by atoms with van der Waals surface area (Å²) >= 11 is 0. The summed E-state index contributed by atoms with van der Waals surface area (Å²) in [6, 6.07) is 0. The van der Waals surface area contributed by atoms with Crippen LogP contribution >= 0.6 is 0 Å². The van der Waals surface area contributed by atoms with E-state index in [0.29, 0.717) is 0 Å². The summed E-state index contributed by atoms with van der Waals surface area (Å²) in [7, 11) is 0. The van der Waals surface area contributed by atoms with Crippen LogP contribution in [0.1, 0.15) is 51.9 Å². The molecule has 0 saturated heterocycles. The van der Waals surface area contributed by atoms with E-state index in [4.69, 9.17) is 10.3 Å². The highest BCUT2D eigenvalue weighted by Crippen LogP contribution is 2.29. The minimum Gasteiger partial charge on any atom is -0.456 e. The lowest BCUT2D eigenvalue weighted by molar-refractivity contribution is -0.155. The lowest BCUT2D eigenvalue weighted by Gasteiger charge is -2.31. The summed E-state index contributed by atoms with van der Waals surface area (Å²) in [6.45, 7) is 5.55. The van der Waals surface area contributed by atoms with Gasteiger partial charge in [0.2, 0.25) is 0 Å². The van der Waals surface area contributed by atoms with E-state index in [2.05, 4.69) is 16.6 Å². The van der Waals surface area contributed by atoms with Crippen molar-refractivity contribution in [3.8, 4) is 0 Å². The van der Waals surface area contributed by atoms with Crippen LogP contribution in [-0.4, -0.2) is 18.1 Å². The van der Waals surface area contributed by atoms with Crippen molar-refractivity contribution in [3.05, 3.63) is 22.6 Å². The van der Waals surface area contributed by atoms with E-state index in [9.17, 15) is 4.79 Å². The lowest BCUT2D eigenvalue weighted by atomic mass is 9.88. The van der Waals surface area contributed by atoms with Gasteiger partial charge in [0.25, 0.3) is 0 Å². The molecule has 0 atom stereocenters. The predicted molar refractivity (Wildman–Crippen MR) is 70.0 cm³/mol. The molecule has 100 valence electrons. The molecule has 5 nitrogen and oxygen atoms in total. The van der Waals surface area contributed by atoms with Gasteiger partial charge >= 0.3 is 5.97 Å². The van der Waals surface area contributed by atoms with Gasteiger partial charge in [-0.15, -0.1) is 0 Å². The van der Waals surface area contributed by atoms with E-state index in [-0.39, 0.29) is 12.1 Å². The van der Waals surface area contributed by atoms with Crippen LogP contribution in [0.25, 0.3) is 10.4 Å². The van der Waals surface area contributed by atoms with Gasteiger partial charge < -0.3 is 4.74 Å². The fourth-order valence-corrected chi connectivity index (χ4v) is 2.23. The number of nitrogens with zero attached hydrogens (tertiary/aromatic N) is 3. The third kappa shape index (κ3) is 4.80. The predicted octanol–water partition coefficient (Wildman–Crippen LogP) is 3.90. The Morgan fingerprint density at radius 3 is 2.44 bits per heavy atom. The normalized spacial score (nSPS) is 18.9. The Morgan fingerprint density at radius 1 is 1.33 bits per heavy atom. The van der Waals surface area contributed by atoms with Crippen LogP contribution in [0.5, 0.6) is 0 Å². The number of hydrogen-bond donors (Lipinski definition) is 0. The van der Waals surface area contributed by atoms with Gasteiger partial charge in [-0.25, -0.2) is 4.79 Å². The molecule has 1 aliphatic carbocycles. The topological polar surface area (TPSA) is 75.1 Å². The molecule has 5 heteroatoms.